The van der Waals surface area contributed by atoms with Crippen LogP contribution in [0.25, 0.3) is 89.0 Å². The zero-order valence-electron chi connectivity index (χ0n) is 90.5. The molecule has 6 heteroatoms. The van der Waals surface area contributed by atoms with Crippen molar-refractivity contribution in [2.24, 2.45) is 0 Å². The topological polar surface area (TPSA) is 13.0 Å². The summed E-state index contributed by atoms with van der Waals surface area (Å²) in [5.41, 5.74) is 57.1. The predicted octanol–water partition coefficient (Wildman–Crippen LogP) is 34.3. The van der Waals surface area contributed by atoms with Gasteiger partial charge >= 0.3 is 0 Å². The smallest absolute Gasteiger partial charge is 0.252 e. The second-order valence-electron chi connectivity index (χ2n) is 51.1. The summed E-state index contributed by atoms with van der Waals surface area (Å²) in [6.07, 6.45) is 0. The molecule has 0 radical (unpaired) electrons. The number of anilines is 12. The van der Waals surface area contributed by atoms with Gasteiger partial charge in [-0.05, 0) is 323 Å². The van der Waals surface area contributed by atoms with Crippen LogP contribution in [0.1, 0.15) is 229 Å². The van der Waals surface area contributed by atoms with Crippen LogP contribution in [0.3, 0.4) is 0 Å². The fourth-order valence-electron chi connectivity index (χ4n) is 27.4. The third-order valence-corrected chi connectivity index (χ3v) is 34.8. The molecule has 4 aliphatic heterocycles. The molecule has 2 spiro atoms. The van der Waals surface area contributed by atoms with E-state index >= 15 is 0 Å². The first-order valence-corrected chi connectivity index (χ1v) is 54.4. The Balaban J connectivity index is 0.828. The van der Waals surface area contributed by atoms with Gasteiger partial charge in [0, 0.05) is 73.7 Å². The standard InChI is InChI=1S/C144H128B2N4/c1-136(2,3)91-74-92(137(4,5)6)78-98(77-91)147-123-68-42-40-66-119(123)145-121-85-122-126(86-125(121)148(99-79-93(138(7,8)9)75-94(80-99)139(10,11)12)128-71-89(70-127(147)133(128)145)101-56-44-58-109-107-54-32-38-64-117(107)143(131(101)109)113-60-34-28-50-103(113)104-51-29-35-61-114(104)143)149(100-81-95(140(13,14)15)76-96(82-100)141(16,17)18)129-72-90(102-57-45-59-110-108-55-33-39-65-118(108)144(132(102)110)115-62-36-30-52-105(115)106-53-31-37-63-116(106)144)73-130-134(129)146(122)120-67-41-43-69-124(120)150(130)135-111(87-46-24-22-25-47-87)83-97(142(19,20)21)84-112(135)88-48-26-23-27-49-88/h22-86H,1-21H3. The lowest BCUT2D eigenvalue weighted by atomic mass is 9.30. The first-order valence-electron chi connectivity index (χ1n) is 54.4. The van der Waals surface area contributed by atoms with E-state index in [1.54, 1.807) is 0 Å². The maximum absolute atomic E-state index is 2.83. The molecule has 27 rings (SSSR count). The normalized spacial score (nSPS) is 14.7. The number of hydrogen-bond donors (Lipinski definition) is 0. The Bertz CT molecular complexity index is 8680. The highest BCUT2D eigenvalue weighted by Gasteiger charge is 2.57. The molecule has 4 aliphatic carbocycles. The third kappa shape index (κ3) is 13.6. The molecule has 150 heavy (non-hydrogen) atoms. The molecule has 4 heterocycles. The third-order valence-electron chi connectivity index (χ3n) is 34.8. The van der Waals surface area contributed by atoms with Crippen molar-refractivity contribution < 1.29 is 0 Å². The lowest BCUT2D eigenvalue weighted by Gasteiger charge is -2.48. The Labute approximate surface area is 888 Å². The van der Waals surface area contributed by atoms with Crippen molar-refractivity contribution in [1.29, 1.82) is 0 Å². The van der Waals surface area contributed by atoms with Crippen LogP contribution in [0.5, 0.6) is 0 Å². The summed E-state index contributed by atoms with van der Waals surface area (Å²) in [5.74, 6) is 0. The average Bonchev–Trinajstić information content (AvgIpc) is 0.682. The minimum atomic E-state index is -0.701. The van der Waals surface area contributed by atoms with Crippen LogP contribution < -0.4 is 52.4 Å². The van der Waals surface area contributed by atoms with Gasteiger partial charge in [-0.25, -0.2) is 0 Å². The predicted molar refractivity (Wildman–Crippen MR) is 640 cm³/mol. The van der Waals surface area contributed by atoms with Crippen molar-refractivity contribution in [3.8, 4) is 89.0 Å². The molecule has 0 amide bonds. The number of para-hydroxylation sites is 2. The summed E-state index contributed by atoms with van der Waals surface area (Å²) in [5, 5.41) is 0. The van der Waals surface area contributed by atoms with Crippen LogP contribution in [-0.4, -0.2) is 13.4 Å². The summed E-state index contributed by atoms with van der Waals surface area (Å²) in [7, 11) is 0. The average molecular weight is 1940 g/mol. The minimum absolute atomic E-state index is 0.211. The van der Waals surface area contributed by atoms with Crippen molar-refractivity contribution in [2.45, 2.75) is 194 Å². The van der Waals surface area contributed by atoms with Gasteiger partial charge in [0.1, 0.15) is 0 Å². The number of rotatable bonds is 8. The lowest BCUT2D eigenvalue weighted by molar-refractivity contribution is 0.568. The highest BCUT2D eigenvalue weighted by molar-refractivity contribution is 7.03. The van der Waals surface area contributed by atoms with Gasteiger partial charge in [-0.3, -0.25) is 0 Å². The van der Waals surface area contributed by atoms with E-state index in [4.69, 9.17) is 0 Å². The van der Waals surface area contributed by atoms with E-state index in [-0.39, 0.29) is 51.3 Å². The second kappa shape index (κ2) is 32.5. The van der Waals surface area contributed by atoms with Crippen molar-refractivity contribution in [3.05, 3.63) is 478 Å². The Morgan fingerprint density at radius 1 is 0.167 bits per heavy atom. The SMILES string of the molecule is CC(C)(C)c1cc(N2c3ccccc3B3c4cc5c(cc4N(c4cc(C(C)(C)C)cc(C(C)(C)C)c4)c4cc(-c6cccc7c6C6(c8ccccc8-c8ccccc86)c6ccccc6-7)cc2c43)N(c2cc(C(C)(C)C)cc(C(C)(C)C)c2)c2cc(-c3cccc4c3C3(c6ccccc6-c6ccccc63)c3ccccc3-4)cc3c2B5c2ccccc2N3c2c(-c3ccccc3)cc(C(C)(C)C)cc2-c2ccccc2)cc(C(C)(C)C)c1. The molecule has 0 bridgehead atoms. The zero-order chi connectivity index (χ0) is 103. The van der Waals surface area contributed by atoms with E-state index in [1.807, 2.05) is 0 Å². The molecule has 730 valence electrons. The molecule has 4 nitrogen and oxygen atoms in total. The van der Waals surface area contributed by atoms with Gasteiger partial charge in [0.05, 0.1) is 16.5 Å². The second-order valence-corrected chi connectivity index (χ2v) is 51.1. The highest BCUT2D eigenvalue weighted by atomic mass is 15.2. The van der Waals surface area contributed by atoms with E-state index < -0.39 is 10.8 Å². The maximum Gasteiger partial charge on any atom is 0.252 e. The van der Waals surface area contributed by atoms with Crippen molar-refractivity contribution in [3.63, 3.8) is 0 Å². The molecule has 0 N–H and O–H groups in total. The van der Waals surface area contributed by atoms with Crippen LogP contribution in [0.2, 0.25) is 0 Å². The number of benzene rings is 19. The number of fused-ring (bicyclic) bond motifs is 28. The van der Waals surface area contributed by atoms with Crippen LogP contribution in [-0.2, 0) is 48.7 Å². The lowest BCUT2D eigenvalue weighted by Crippen LogP contribution is -2.65. The summed E-state index contributed by atoms with van der Waals surface area (Å²) in [6, 6.07) is 157. The fraction of sp³-hybridized carbons (Fsp3) is 0.208. The number of nitrogens with zero attached hydrogens (tertiary/aromatic N) is 4. The highest BCUT2D eigenvalue weighted by Crippen LogP contribution is 2.69. The van der Waals surface area contributed by atoms with E-state index in [2.05, 4.69) is 559 Å². The van der Waals surface area contributed by atoms with Crippen LogP contribution in [0.15, 0.2) is 394 Å². The first-order chi connectivity index (χ1) is 71.8. The van der Waals surface area contributed by atoms with Crippen LogP contribution in [0, 0.1) is 0 Å². The van der Waals surface area contributed by atoms with Gasteiger partial charge in [-0.2, -0.15) is 0 Å². The van der Waals surface area contributed by atoms with E-state index in [1.165, 1.54) is 194 Å². The Morgan fingerprint density at radius 3 is 0.713 bits per heavy atom. The molecule has 0 fully saturated rings. The maximum atomic E-state index is 2.83. The molecule has 19 aromatic rings. The zero-order valence-corrected chi connectivity index (χ0v) is 90.5. The Morgan fingerprint density at radius 2 is 0.407 bits per heavy atom. The van der Waals surface area contributed by atoms with E-state index in [9.17, 15) is 0 Å². The van der Waals surface area contributed by atoms with Gasteiger partial charge in [0.2, 0.25) is 0 Å². The van der Waals surface area contributed by atoms with Gasteiger partial charge in [-0.15, -0.1) is 0 Å². The van der Waals surface area contributed by atoms with Gasteiger partial charge in [-0.1, -0.05) is 449 Å². The Kier molecular flexibility index (Phi) is 20.2. The van der Waals surface area contributed by atoms with Crippen LogP contribution >= 0.6 is 0 Å². The summed E-state index contributed by atoms with van der Waals surface area (Å²) in [6.45, 7) is 49.9. The van der Waals surface area contributed by atoms with Gasteiger partial charge < -0.3 is 19.6 Å². The van der Waals surface area contributed by atoms with Gasteiger partial charge in [0.15, 0.2) is 0 Å². The molecule has 19 aromatic carbocycles. The van der Waals surface area contributed by atoms with Crippen molar-refractivity contribution in [2.75, 3.05) is 19.6 Å². The molecule has 0 aromatic heterocycles. The number of hydrogen-bond acceptors (Lipinski definition) is 4. The van der Waals surface area contributed by atoms with Crippen LogP contribution in [0.4, 0.5) is 68.2 Å². The molecule has 0 unspecified atom stereocenters. The van der Waals surface area contributed by atoms with Crippen molar-refractivity contribution in [1.82, 2.24) is 0 Å². The first kappa shape index (κ1) is 93.1. The fourth-order valence-corrected chi connectivity index (χ4v) is 27.4. The molecular weight excluding hydrogens is 1810 g/mol. The summed E-state index contributed by atoms with van der Waals surface area (Å²) >= 11 is 0. The summed E-state index contributed by atoms with van der Waals surface area (Å²) < 4.78 is 0. The quantitative estimate of drug-likeness (QED) is 0.141. The molecule has 0 atom stereocenters. The minimum Gasteiger partial charge on any atom is -0.311 e. The largest absolute Gasteiger partial charge is 0.311 e. The molecule has 8 aliphatic rings. The molecular formula is C144H128B2N4. The van der Waals surface area contributed by atoms with Gasteiger partial charge in [0.25, 0.3) is 13.4 Å². The van der Waals surface area contributed by atoms with E-state index in [0.717, 1.165) is 79.1 Å². The molecule has 0 saturated carbocycles. The summed E-state index contributed by atoms with van der Waals surface area (Å²) in [4.78, 5) is 11.2. The Hall–Kier alpha value is -15.5. The monoisotopic (exact) mass is 1940 g/mol. The van der Waals surface area contributed by atoms with Crippen molar-refractivity contribution >= 4 is 114 Å². The van der Waals surface area contributed by atoms with E-state index in [0.29, 0.717) is 0 Å². The molecule has 0 saturated heterocycles.